The summed E-state index contributed by atoms with van der Waals surface area (Å²) in [6.07, 6.45) is 4.30. The third kappa shape index (κ3) is 15.8. The van der Waals surface area contributed by atoms with Gasteiger partial charge < -0.3 is 19.5 Å². The van der Waals surface area contributed by atoms with Gasteiger partial charge in [-0.2, -0.15) is 0 Å². The van der Waals surface area contributed by atoms with Gasteiger partial charge >= 0.3 is 18.2 Å². The number of carbonyl (C=O) groups excluding carboxylic acids is 3. The molecular formula is C41H49Cl2FN4O7. The zero-order chi connectivity index (χ0) is 41.1. The number of ether oxygens (including phenoxy) is 2. The van der Waals surface area contributed by atoms with E-state index in [0.717, 1.165) is 11.6 Å². The third-order valence-corrected chi connectivity index (χ3v) is 8.28. The van der Waals surface area contributed by atoms with Crippen LogP contribution in [0.3, 0.4) is 0 Å². The van der Waals surface area contributed by atoms with E-state index in [0.29, 0.717) is 52.2 Å². The molecule has 296 valence electrons. The molecule has 3 aromatic carbocycles. The maximum Gasteiger partial charge on any atom is 0.412 e. The second-order valence-corrected chi connectivity index (χ2v) is 15.8. The van der Waals surface area contributed by atoms with Gasteiger partial charge in [-0.1, -0.05) is 47.5 Å². The van der Waals surface area contributed by atoms with E-state index in [1.165, 1.54) is 30.4 Å². The number of carbonyl (C=O) groups is 4. The van der Waals surface area contributed by atoms with Crippen LogP contribution in [0.25, 0.3) is 12.2 Å². The van der Waals surface area contributed by atoms with Crippen LogP contribution in [0.4, 0.5) is 25.4 Å². The fourth-order valence-corrected chi connectivity index (χ4v) is 5.70. The SMILES string of the molecule is CC(C)(C)OC(=O)Nc1cc(Cl)ccc1/C=C/C(=O)O.C[C@@H]1CN(Cc2ccc(F)cc2)[C@@H](C)CN1C(=O)/C=C/c1ccc(Cl)cc1NC(=O)OC(C)(C)C. The molecule has 1 aliphatic heterocycles. The van der Waals surface area contributed by atoms with E-state index < -0.39 is 29.4 Å². The molecule has 0 aromatic heterocycles. The molecule has 0 spiro atoms. The minimum atomic E-state index is -1.08. The van der Waals surface area contributed by atoms with Crippen LogP contribution in [0.15, 0.2) is 72.8 Å². The number of carboxylic acid groups (broad SMARTS) is 1. The molecule has 1 saturated heterocycles. The van der Waals surface area contributed by atoms with Crippen molar-refractivity contribution < 1.29 is 38.1 Å². The van der Waals surface area contributed by atoms with Crippen LogP contribution in [0, 0.1) is 5.82 Å². The summed E-state index contributed by atoms with van der Waals surface area (Å²) < 4.78 is 23.7. The van der Waals surface area contributed by atoms with Crippen molar-refractivity contribution in [3.63, 3.8) is 0 Å². The van der Waals surface area contributed by atoms with Gasteiger partial charge in [-0.3, -0.25) is 20.3 Å². The molecule has 4 rings (SSSR count). The van der Waals surface area contributed by atoms with Gasteiger partial charge in [0.2, 0.25) is 5.91 Å². The highest BCUT2D eigenvalue weighted by molar-refractivity contribution is 6.31. The first-order valence-corrected chi connectivity index (χ1v) is 18.3. The topological polar surface area (TPSA) is 138 Å². The number of halogens is 3. The van der Waals surface area contributed by atoms with E-state index in [1.807, 2.05) is 11.8 Å². The summed E-state index contributed by atoms with van der Waals surface area (Å²) in [4.78, 5) is 51.7. The molecule has 3 amide bonds. The van der Waals surface area contributed by atoms with Crippen molar-refractivity contribution in [3.05, 3.63) is 105 Å². The minimum absolute atomic E-state index is 0.00775. The van der Waals surface area contributed by atoms with Crippen molar-refractivity contribution in [1.29, 1.82) is 0 Å². The smallest absolute Gasteiger partial charge is 0.412 e. The number of nitrogens with zero attached hydrogens (tertiary/aromatic N) is 2. The van der Waals surface area contributed by atoms with Gasteiger partial charge in [0.1, 0.15) is 17.0 Å². The maximum atomic E-state index is 13.2. The summed E-state index contributed by atoms with van der Waals surface area (Å²) in [5.74, 6) is -1.44. The average molecular weight is 800 g/mol. The lowest BCUT2D eigenvalue weighted by molar-refractivity contribution is -0.132. The lowest BCUT2D eigenvalue weighted by Crippen LogP contribution is -2.57. The lowest BCUT2D eigenvalue weighted by Gasteiger charge is -2.44. The van der Waals surface area contributed by atoms with Gasteiger partial charge in [0.25, 0.3) is 0 Å². The van der Waals surface area contributed by atoms with Crippen molar-refractivity contribution in [2.75, 3.05) is 23.7 Å². The largest absolute Gasteiger partial charge is 0.478 e. The molecule has 14 heteroatoms. The quantitative estimate of drug-likeness (QED) is 0.192. The molecule has 3 N–H and O–H groups in total. The molecular weight excluding hydrogens is 750 g/mol. The van der Waals surface area contributed by atoms with Crippen LogP contribution in [0.5, 0.6) is 0 Å². The molecule has 1 aliphatic rings. The van der Waals surface area contributed by atoms with Crippen molar-refractivity contribution in [1.82, 2.24) is 9.80 Å². The van der Waals surface area contributed by atoms with Gasteiger partial charge in [-0.15, -0.1) is 0 Å². The number of aliphatic carboxylic acids is 1. The van der Waals surface area contributed by atoms with E-state index in [4.69, 9.17) is 37.8 Å². The van der Waals surface area contributed by atoms with Crippen LogP contribution in [-0.4, -0.2) is 75.3 Å². The second kappa shape index (κ2) is 19.6. The van der Waals surface area contributed by atoms with Gasteiger partial charge in [-0.25, -0.2) is 18.8 Å². The summed E-state index contributed by atoms with van der Waals surface area (Å²) in [5, 5.41) is 14.8. The highest BCUT2D eigenvalue weighted by Crippen LogP contribution is 2.26. The van der Waals surface area contributed by atoms with Crippen molar-refractivity contribution >= 4 is 70.8 Å². The maximum absolute atomic E-state index is 13.2. The Morgan fingerprint density at radius 1 is 0.764 bits per heavy atom. The van der Waals surface area contributed by atoms with Crippen LogP contribution in [0.2, 0.25) is 10.0 Å². The molecule has 1 fully saturated rings. The van der Waals surface area contributed by atoms with E-state index >= 15 is 0 Å². The Labute approximate surface area is 332 Å². The number of hydrogen-bond acceptors (Lipinski definition) is 7. The molecule has 0 unspecified atom stereocenters. The number of amides is 3. The van der Waals surface area contributed by atoms with Crippen molar-refractivity contribution in [2.24, 2.45) is 0 Å². The van der Waals surface area contributed by atoms with Gasteiger partial charge in [0, 0.05) is 53.9 Å². The first-order valence-electron chi connectivity index (χ1n) is 17.6. The minimum Gasteiger partial charge on any atom is -0.478 e. The molecule has 0 aliphatic carbocycles. The Bertz CT molecular complexity index is 1890. The molecule has 3 aromatic rings. The lowest BCUT2D eigenvalue weighted by atomic mass is 10.1. The van der Waals surface area contributed by atoms with E-state index in [-0.39, 0.29) is 23.8 Å². The number of hydrogen-bond donors (Lipinski definition) is 3. The van der Waals surface area contributed by atoms with Gasteiger partial charge in [0.15, 0.2) is 0 Å². The molecule has 11 nitrogen and oxygen atoms in total. The van der Waals surface area contributed by atoms with E-state index in [9.17, 15) is 23.6 Å². The number of piperazine rings is 1. The molecule has 2 atom stereocenters. The molecule has 0 saturated carbocycles. The Balaban J connectivity index is 0.000000345. The normalized spacial score (nSPS) is 16.3. The zero-order valence-corrected chi connectivity index (χ0v) is 33.8. The van der Waals surface area contributed by atoms with E-state index in [1.54, 1.807) is 90.1 Å². The third-order valence-electron chi connectivity index (χ3n) is 7.81. The summed E-state index contributed by atoms with van der Waals surface area (Å²) in [6.45, 7) is 16.7. The van der Waals surface area contributed by atoms with Gasteiger partial charge in [-0.05, 0) is 121 Å². The molecule has 55 heavy (non-hydrogen) atoms. The van der Waals surface area contributed by atoms with E-state index in [2.05, 4.69) is 22.5 Å². The Kier molecular flexibility index (Phi) is 15.9. The summed E-state index contributed by atoms with van der Waals surface area (Å²) in [7, 11) is 0. The number of anilines is 2. The molecule has 0 bridgehead atoms. The predicted octanol–water partition coefficient (Wildman–Crippen LogP) is 9.75. The Morgan fingerprint density at radius 2 is 1.24 bits per heavy atom. The number of carboxylic acids is 1. The summed E-state index contributed by atoms with van der Waals surface area (Å²) in [5.41, 5.74) is 1.77. The highest BCUT2D eigenvalue weighted by atomic mass is 35.5. The first kappa shape index (κ1) is 44.5. The fourth-order valence-electron chi connectivity index (χ4n) is 5.36. The average Bonchev–Trinajstić information content (AvgIpc) is 3.05. The fraction of sp³-hybridized carbons (Fsp3) is 0.366. The van der Waals surface area contributed by atoms with Crippen molar-refractivity contribution in [2.45, 2.75) is 85.2 Å². The summed E-state index contributed by atoms with van der Waals surface area (Å²) >= 11 is 12.0. The first-order chi connectivity index (χ1) is 25.6. The number of benzene rings is 3. The van der Waals surface area contributed by atoms with Crippen LogP contribution in [-0.2, 0) is 25.6 Å². The Hall–Kier alpha value is -4.91. The number of nitrogens with one attached hydrogen (secondary N) is 2. The number of rotatable bonds is 8. The predicted molar refractivity (Wildman–Crippen MR) is 216 cm³/mol. The van der Waals surface area contributed by atoms with Crippen LogP contribution >= 0.6 is 23.2 Å². The second-order valence-electron chi connectivity index (χ2n) is 15.0. The van der Waals surface area contributed by atoms with Gasteiger partial charge in [0.05, 0.1) is 11.4 Å². The monoisotopic (exact) mass is 798 g/mol. The van der Waals surface area contributed by atoms with Crippen LogP contribution < -0.4 is 10.6 Å². The molecule has 1 heterocycles. The Morgan fingerprint density at radius 3 is 1.69 bits per heavy atom. The molecule has 0 radical (unpaired) electrons. The van der Waals surface area contributed by atoms with Crippen LogP contribution in [0.1, 0.15) is 72.1 Å². The van der Waals surface area contributed by atoms with Crippen molar-refractivity contribution in [3.8, 4) is 0 Å². The zero-order valence-electron chi connectivity index (χ0n) is 32.3. The highest BCUT2D eigenvalue weighted by Gasteiger charge is 2.31. The summed E-state index contributed by atoms with van der Waals surface area (Å²) in [6, 6.07) is 16.5. The standard InChI is InChI=1S/C27H33ClFN3O3.C14H16ClNO4/c1-18-16-32(19(2)15-31(18)17-20-6-11-23(29)12-7-20)25(33)13-9-21-8-10-22(28)14-24(21)30-26(34)35-27(3,4)5;1-14(2,3)20-13(19)16-11-8-10(15)6-4-9(11)5-7-12(17)18/h6-14,18-19H,15-17H2,1-5H3,(H,30,34);4-8H,1-3H3,(H,16,19)(H,17,18)/b13-9+;7-5+/t18-,19+;/m0./s1.